The first-order valence-corrected chi connectivity index (χ1v) is 7.80. The fraction of sp³-hybridized carbons (Fsp3) is 0.111. The van der Waals surface area contributed by atoms with E-state index in [2.05, 4.69) is 20.6 Å². The average molecular weight is 338 g/mol. The Morgan fingerprint density at radius 3 is 2.16 bits per heavy atom. The summed E-state index contributed by atoms with van der Waals surface area (Å²) in [6.07, 6.45) is 16.8. The van der Waals surface area contributed by atoms with E-state index < -0.39 is 5.82 Å². The molecule has 1 aromatic heterocycles. The molecule has 2 aliphatic carbocycles. The number of hydrogen-bond acceptors (Lipinski definition) is 6. The molecule has 0 unspecified atom stereocenters. The van der Waals surface area contributed by atoms with Crippen LogP contribution in [0.25, 0.3) is 0 Å². The maximum Gasteiger partial charge on any atom is 0.229 e. The number of halogens is 1. The normalized spacial score (nSPS) is 19.7. The summed E-state index contributed by atoms with van der Waals surface area (Å²) in [5, 5.41) is 6.08. The number of nitrogens with zero attached hydrogens (tertiary/aromatic N) is 2. The number of rotatable bonds is 4. The summed E-state index contributed by atoms with van der Waals surface area (Å²) in [5.41, 5.74) is 14.7. The molecule has 0 aromatic carbocycles. The van der Waals surface area contributed by atoms with E-state index in [1.54, 1.807) is 6.20 Å². The Morgan fingerprint density at radius 1 is 0.960 bits per heavy atom. The van der Waals surface area contributed by atoms with Gasteiger partial charge in [0.15, 0.2) is 11.6 Å². The van der Waals surface area contributed by atoms with Crippen LogP contribution in [0.4, 0.5) is 16.2 Å². The van der Waals surface area contributed by atoms with Crippen LogP contribution in [0, 0.1) is 5.82 Å². The van der Waals surface area contributed by atoms with Gasteiger partial charge in [-0.1, -0.05) is 24.3 Å². The molecule has 3 rings (SSSR count). The van der Waals surface area contributed by atoms with Crippen LogP contribution in [-0.4, -0.2) is 9.97 Å². The molecule has 0 bridgehead atoms. The van der Waals surface area contributed by atoms with Crippen LogP contribution in [0.5, 0.6) is 0 Å². The van der Waals surface area contributed by atoms with Gasteiger partial charge < -0.3 is 22.1 Å². The van der Waals surface area contributed by atoms with Gasteiger partial charge in [0.25, 0.3) is 0 Å². The second-order valence-corrected chi connectivity index (χ2v) is 5.58. The quantitative estimate of drug-likeness (QED) is 0.673. The lowest BCUT2D eigenvalue weighted by Gasteiger charge is -2.16. The topological polar surface area (TPSA) is 102 Å². The van der Waals surface area contributed by atoms with Gasteiger partial charge in [-0.15, -0.1) is 0 Å². The van der Waals surface area contributed by atoms with E-state index >= 15 is 0 Å². The van der Waals surface area contributed by atoms with E-state index in [9.17, 15) is 4.39 Å². The molecular weight excluding hydrogens is 319 g/mol. The van der Waals surface area contributed by atoms with Crippen molar-refractivity contribution >= 4 is 11.8 Å². The van der Waals surface area contributed by atoms with E-state index in [1.807, 2.05) is 36.5 Å². The predicted octanol–water partition coefficient (Wildman–Crippen LogP) is 2.81. The fourth-order valence-electron chi connectivity index (χ4n) is 2.46. The minimum absolute atomic E-state index is 0.108. The smallest absolute Gasteiger partial charge is 0.229 e. The van der Waals surface area contributed by atoms with Gasteiger partial charge in [-0.05, 0) is 35.7 Å². The molecule has 25 heavy (non-hydrogen) atoms. The van der Waals surface area contributed by atoms with Crippen LogP contribution in [0.2, 0.25) is 0 Å². The first kappa shape index (κ1) is 16.5. The van der Waals surface area contributed by atoms with Gasteiger partial charge in [0.2, 0.25) is 5.95 Å². The van der Waals surface area contributed by atoms with Crippen molar-refractivity contribution in [1.29, 1.82) is 0 Å². The van der Waals surface area contributed by atoms with Crippen molar-refractivity contribution in [1.82, 2.24) is 9.97 Å². The van der Waals surface area contributed by atoms with E-state index in [0.717, 1.165) is 28.7 Å². The summed E-state index contributed by atoms with van der Waals surface area (Å²) in [6.45, 7) is 0. The zero-order valence-corrected chi connectivity index (χ0v) is 13.5. The third-order valence-electron chi connectivity index (χ3n) is 3.73. The molecule has 6 N–H and O–H groups in total. The molecule has 1 heterocycles. The van der Waals surface area contributed by atoms with Crippen molar-refractivity contribution in [2.75, 3.05) is 10.6 Å². The molecule has 0 amide bonds. The lowest BCUT2D eigenvalue weighted by Crippen LogP contribution is -2.11. The maximum atomic E-state index is 14.0. The lowest BCUT2D eigenvalue weighted by molar-refractivity contribution is 0.618. The van der Waals surface area contributed by atoms with Gasteiger partial charge in [-0.25, -0.2) is 9.37 Å². The number of nitrogens with one attached hydrogen (secondary N) is 2. The number of allylic oxidation sites excluding steroid dienone is 8. The van der Waals surface area contributed by atoms with Crippen LogP contribution in [0.3, 0.4) is 0 Å². The van der Waals surface area contributed by atoms with Gasteiger partial charge in [-0.2, -0.15) is 4.98 Å². The minimum atomic E-state index is -0.528. The van der Waals surface area contributed by atoms with Gasteiger partial charge in [0.05, 0.1) is 6.20 Å². The van der Waals surface area contributed by atoms with Crippen LogP contribution in [0.15, 0.2) is 77.6 Å². The van der Waals surface area contributed by atoms with E-state index in [4.69, 9.17) is 11.5 Å². The van der Waals surface area contributed by atoms with Crippen molar-refractivity contribution in [2.24, 2.45) is 11.5 Å². The molecule has 0 atom stereocenters. The standard InChI is InChI=1S/C18H19FN6/c19-16-11-22-18(24-15-6-2-4-13(8-15)10-21)25-17(16)23-14-5-1-3-12(7-14)9-20/h1-6,9-11H,7-8,20-21H2,(H2,22,23,24,25). The number of hydrogen-bond donors (Lipinski definition) is 4. The monoisotopic (exact) mass is 338 g/mol. The number of aromatic nitrogens is 2. The van der Waals surface area contributed by atoms with Crippen LogP contribution >= 0.6 is 0 Å². The van der Waals surface area contributed by atoms with Crippen molar-refractivity contribution in [3.05, 3.63) is 83.4 Å². The number of nitrogens with two attached hydrogens (primary N) is 2. The molecule has 0 aliphatic heterocycles. The Balaban J connectivity index is 1.75. The second kappa shape index (κ2) is 7.48. The van der Waals surface area contributed by atoms with E-state index in [-0.39, 0.29) is 5.82 Å². The van der Waals surface area contributed by atoms with Crippen molar-refractivity contribution in [2.45, 2.75) is 12.8 Å². The lowest BCUT2D eigenvalue weighted by atomic mass is 10.1. The Bertz CT molecular complexity index is 845. The Kier molecular flexibility index (Phi) is 4.94. The Labute approximate surface area is 145 Å². The third kappa shape index (κ3) is 4.14. The van der Waals surface area contributed by atoms with Crippen molar-refractivity contribution in [3.8, 4) is 0 Å². The molecule has 7 heteroatoms. The Hall–Kier alpha value is -3.35. The summed E-state index contributed by atoms with van der Waals surface area (Å²) in [5.74, 6) is -0.111. The molecular formula is C18H19FN6. The zero-order valence-electron chi connectivity index (χ0n) is 13.5. The van der Waals surface area contributed by atoms with Crippen LogP contribution in [0.1, 0.15) is 12.8 Å². The molecule has 0 saturated heterocycles. The minimum Gasteiger partial charge on any atom is -0.404 e. The summed E-state index contributed by atoms with van der Waals surface area (Å²) in [6, 6.07) is 0. The highest BCUT2D eigenvalue weighted by molar-refractivity contribution is 5.51. The van der Waals surface area contributed by atoms with E-state index in [1.165, 1.54) is 6.20 Å². The highest BCUT2D eigenvalue weighted by Crippen LogP contribution is 2.22. The third-order valence-corrected chi connectivity index (χ3v) is 3.73. The van der Waals surface area contributed by atoms with Crippen molar-refractivity contribution in [3.63, 3.8) is 0 Å². The van der Waals surface area contributed by atoms with Gasteiger partial charge in [0, 0.05) is 24.2 Å². The van der Waals surface area contributed by atoms with Crippen LogP contribution in [-0.2, 0) is 0 Å². The molecule has 6 nitrogen and oxygen atoms in total. The largest absolute Gasteiger partial charge is 0.404 e. The highest BCUT2D eigenvalue weighted by atomic mass is 19.1. The van der Waals surface area contributed by atoms with Crippen LogP contribution < -0.4 is 22.1 Å². The zero-order chi connectivity index (χ0) is 17.6. The number of anilines is 2. The molecule has 0 saturated carbocycles. The SMILES string of the molecule is NC=C1C=CC=C(Nc2ncc(F)c(NC3=CC=CC(=CN)C3)n2)C1. The first-order chi connectivity index (χ1) is 12.2. The maximum absolute atomic E-state index is 14.0. The molecule has 2 aliphatic rings. The first-order valence-electron chi connectivity index (χ1n) is 7.80. The summed E-state index contributed by atoms with van der Waals surface area (Å²) in [4.78, 5) is 8.21. The van der Waals surface area contributed by atoms with E-state index in [0.29, 0.717) is 18.8 Å². The molecule has 0 radical (unpaired) electrons. The van der Waals surface area contributed by atoms with Gasteiger partial charge >= 0.3 is 0 Å². The molecule has 128 valence electrons. The predicted molar refractivity (Wildman–Crippen MR) is 97.5 cm³/mol. The van der Waals surface area contributed by atoms with Gasteiger partial charge in [-0.3, -0.25) is 0 Å². The van der Waals surface area contributed by atoms with Crippen molar-refractivity contribution < 1.29 is 4.39 Å². The average Bonchev–Trinajstić information content (AvgIpc) is 2.65. The van der Waals surface area contributed by atoms with Gasteiger partial charge in [0.1, 0.15) is 0 Å². The highest BCUT2D eigenvalue weighted by Gasteiger charge is 2.12. The molecule has 0 fully saturated rings. The summed E-state index contributed by atoms with van der Waals surface area (Å²) >= 11 is 0. The summed E-state index contributed by atoms with van der Waals surface area (Å²) in [7, 11) is 0. The Morgan fingerprint density at radius 2 is 1.56 bits per heavy atom. The molecule has 0 spiro atoms. The summed E-state index contributed by atoms with van der Waals surface area (Å²) < 4.78 is 14.0. The second-order valence-electron chi connectivity index (χ2n) is 5.58. The fourth-order valence-corrected chi connectivity index (χ4v) is 2.46. The molecule has 1 aromatic rings.